The molecule has 0 aliphatic carbocycles. The molecule has 1 aliphatic rings. The number of rotatable bonds is 6. The fourth-order valence-electron chi connectivity index (χ4n) is 3.48. The Morgan fingerprint density at radius 3 is 2.31 bits per heavy atom. The summed E-state index contributed by atoms with van der Waals surface area (Å²) in [5.41, 5.74) is 7.40. The zero-order valence-corrected chi connectivity index (χ0v) is 16.8. The van der Waals surface area contributed by atoms with Crippen LogP contribution in [0.2, 0.25) is 0 Å². The maximum Gasteiger partial charge on any atom is 0.253 e. The highest BCUT2D eigenvalue weighted by Gasteiger charge is 2.26. The van der Waals surface area contributed by atoms with Gasteiger partial charge in [-0.2, -0.15) is 0 Å². The Balaban J connectivity index is 1.55. The summed E-state index contributed by atoms with van der Waals surface area (Å²) in [5.74, 6) is 0.855. The third-order valence-electron chi connectivity index (χ3n) is 5.20. The van der Waals surface area contributed by atoms with E-state index in [0.29, 0.717) is 43.0 Å². The Hall–Kier alpha value is -3.06. The van der Waals surface area contributed by atoms with Crippen LogP contribution in [0.3, 0.4) is 0 Å². The van der Waals surface area contributed by atoms with Crippen LogP contribution in [-0.4, -0.2) is 50.1 Å². The minimum atomic E-state index is -0.692. The van der Waals surface area contributed by atoms with Crippen molar-refractivity contribution in [3.05, 3.63) is 59.7 Å². The topological polar surface area (TPSA) is 93.9 Å². The molecule has 3 rings (SSSR count). The number of hydrogen-bond donors (Lipinski definition) is 2. The van der Waals surface area contributed by atoms with Crippen molar-refractivity contribution in [2.75, 3.05) is 27.3 Å². The largest absolute Gasteiger partial charge is 0.493 e. The summed E-state index contributed by atoms with van der Waals surface area (Å²) in [6.07, 6.45) is 1.37. The molecule has 29 heavy (non-hydrogen) atoms. The Morgan fingerprint density at radius 1 is 1.03 bits per heavy atom. The lowest BCUT2D eigenvalue weighted by atomic mass is 10.0. The van der Waals surface area contributed by atoms with Crippen LogP contribution in [0.4, 0.5) is 0 Å². The third-order valence-corrected chi connectivity index (χ3v) is 5.20. The van der Waals surface area contributed by atoms with E-state index in [-0.39, 0.29) is 17.9 Å². The minimum Gasteiger partial charge on any atom is -0.493 e. The van der Waals surface area contributed by atoms with Crippen LogP contribution in [0, 0.1) is 0 Å². The number of amides is 2. The predicted octanol–water partition coefficient (Wildman–Crippen LogP) is 2.12. The van der Waals surface area contributed by atoms with Gasteiger partial charge in [0.05, 0.1) is 14.2 Å². The molecule has 2 aromatic rings. The van der Waals surface area contributed by atoms with E-state index in [1.54, 1.807) is 37.3 Å². The second-order valence-corrected chi connectivity index (χ2v) is 7.03. The fourth-order valence-corrected chi connectivity index (χ4v) is 3.48. The van der Waals surface area contributed by atoms with E-state index >= 15 is 0 Å². The second-order valence-electron chi connectivity index (χ2n) is 7.03. The van der Waals surface area contributed by atoms with Crippen LogP contribution < -0.4 is 20.5 Å². The first kappa shape index (κ1) is 20.7. The normalized spacial score (nSPS) is 15.5. The molecule has 0 bridgehead atoms. The van der Waals surface area contributed by atoms with Gasteiger partial charge in [-0.1, -0.05) is 30.3 Å². The molecule has 0 spiro atoms. The second kappa shape index (κ2) is 9.43. The van der Waals surface area contributed by atoms with Crippen LogP contribution in [0.1, 0.15) is 34.8 Å². The van der Waals surface area contributed by atoms with Crippen LogP contribution >= 0.6 is 0 Å². The average Bonchev–Trinajstić information content (AvgIpc) is 2.78. The van der Waals surface area contributed by atoms with Gasteiger partial charge in [0.2, 0.25) is 5.91 Å². The van der Waals surface area contributed by atoms with Crippen molar-refractivity contribution in [1.29, 1.82) is 0 Å². The molecule has 1 fully saturated rings. The van der Waals surface area contributed by atoms with E-state index in [0.717, 1.165) is 5.56 Å². The monoisotopic (exact) mass is 397 g/mol. The summed E-state index contributed by atoms with van der Waals surface area (Å²) in [6, 6.07) is 13.8. The SMILES string of the molecule is COc1ccc(C(=O)N2CCC(NC(=O)C(N)c3ccccc3)CC2)cc1OC. The zero-order chi connectivity index (χ0) is 20.8. The lowest BCUT2D eigenvalue weighted by Crippen LogP contribution is -2.48. The van der Waals surface area contributed by atoms with Crippen LogP contribution in [0.5, 0.6) is 11.5 Å². The highest BCUT2D eigenvalue weighted by molar-refractivity contribution is 5.95. The molecule has 7 nitrogen and oxygen atoms in total. The molecule has 1 heterocycles. The molecule has 7 heteroatoms. The van der Waals surface area contributed by atoms with E-state index in [4.69, 9.17) is 15.2 Å². The predicted molar refractivity (Wildman–Crippen MR) is 110 cm³/mol. The van der Waals surface area contributed by atoms with Crippen LogP contribution in [0.25, 0.3) is 0 Å². The van der Waals surface area contributed by atoms with Gasteiger partial charge in [-0.05, 0) is 36.6 Å². The van der Waals surface area contributed by atoms with E-state index in [9.17, 15) is 9.59 Å². The number of likely N-dealkylation sites (tertiary alicyclic amines) is 1. The Bertz CT molecular complexity index is 848. The third kappa shape index (κ3) is 4.86. The van der Waals surface area contributed by atoms with Crippen molar-refractivity contribution >= 4 is 11.8 Å². The van der Waals surface area contributed by atoms with Gasteiger partial charge in [0.1, 0.15) is 6.04 Å². The molecular weight excluding hydrogens is 370 g/mol. The fraction of sp³-hybridized carbons (Fsp3) is 0.364. The first-order valence-corrected chi connectivity index (χ1v) is 9.65. The molecular formula is C22H27N3O4. The molecule has 2 aromatic carbocycles. The number of hydrogen-bond acceptors (Lipinski definition) is 5. The molecule has 0 aromatic heterocycles. The number of methoxy groups -OCH3 is 2. The van der Waals surface area contributed by atoms with E-state index < -0.39 is 6.04 Å². The van der Waals surface area contributed by atoms with Gasteiger partial charge >= 0.3 is 0 Å². The summed E-state index contributed by atoms with van der Waals surface area (Å²) >= 11 is 0. The molecule has 2 amide bonds. The molecule has 3 N–H and O–H groups in total. The van der Waals surface area contributed by atoms with Gasteiger partial charge in [0.25, 0.3) is 5.91 Å². The average molecular weight is 397 g/mol. The van der Waals surface area contributed by atoms with Crippen molar-refractivity contribution < 1.29 is 19.1 Å². The number of carbonyl (C=O) groups is 2. The van der Waals surface area contributed by atoms with Crippen molar-refractivity contribution in [3.8, 4) is 11.5 Å². The van der Waals surface area contributed by atoms with Crippen LogP contribution in [-0.2, 0) is 4.79 Å². The number of nitrogens with one attached hydrogen (secondary N) is 1. The Labute approximate surface area is 170 Å². The molecule has 1 atom stereocenters. The van der Waals surface area contributed by atoms with Gasteiger partial charge in [-0.3, -0.25) is 9.59 Å². The first-order chi connectivity index (χ1) is 14.0. The van der Waals surface area contributed by atoms with Crippen molar-refractivity contribution in [2.24, 2.45) is 5.73 Å². The minimum absolute atomic E-state index is 0.00622. The Morgan fingerprint density at radius 2 is 1.69 bits per heavy atom. The summed E-state index contributed by atoms with van der Waals surface area (Å²) in [5, 5.41) is 3.01. The zero-order valence-electron chi connectivity index (χ0n) is 16.8. The summed E-state index contributed by atoms with van der Waals surface area (Å²) in [7, 11) is 3.10. The number of nitrogens with two attached hydrogens (primary N) is 1. The van der Waals surface area contributed by atoms with Gasteiger partial charge in [-0.25, -0.2) is 0 Å². The van der Waals surface area contributed by atoms with E-state index in [1.165, 1.54) is 0 Å². The standard InChI is InChI=1S/C22H27N3O4/c1-28-18-9-8-16(14-19(18)29-2)22(27)25-12-10-17(11-13-25)24-21(26)20(23)15-6-4-3-5-7-15/h3-9,14,17,20H,10-13,23H2,1-2H3,(H,24,26). The number of benzene rings is 2. The van der Waals surface area contributed by atoms with Gasteiger partial charge in [0, 0.05) is 24.7 Å². The van der Waals surface area contributed by atoms with Crippen LogP contribution in [0.15, 0.2) is 48.5 Å². The number of ether oxygens (including phenoxy) is 2. The van der Waals surface area contributed by atoms with E-state index in [2.05, 4.69) is 5.32 Å². The highest BCUT2D eigenvalue weighted by Crippen LogP contribution is 2.28. The molecule has 154 valence electrons. The number of carbonyl (C=O) groups excluding carboxylic acids is 2. The lowest BCUT2D eigenvalue weighted by Gasteiger charge is -2.33. The van der Waals surface area contributed by atoms with Crippen molar-refractivity contribution in [1.82, 2.24) is 10.2 Å². The van der Waals surface area contributed by atoms with Crippen molar-refractivity contribution in [2.45, 2.75) is 24.9 Å². The first-order valence-electron chi connectivity index (χ1n) is 9.65. The molecule has 1 unspecified atom stereocenters. The van der Waals surface area contributed by atoms with Gasteiger partial charge in [-0.15, -0.1) is 0 Å². The maximum atomic E-state index is 12.8. The smallest absolute Gasteiger partial charge is 0.253 e. The van der Waals surface area contributed by atoms with E-state index in [1.807, 2.05) is 30.3 Å². The highest BCUT2D eigenvalue weighted by atomic mass is 16.5. The molecule has 1 saturated heterocycles. The Kier molecular flexibility index (Phi) is 6.72. The molecule has 0 radical (unpaired) electrons. The summed E-state index contributed by atoms with van der Waals surface area (Å²) in [4.78, 5) is 27.0. The maximum absolute atomic E-state index is 12.8. The molecule has 0 saturated carbocycles. The van der Waals surface area contributed by atoms with Gasteiger partial charge in [0.15, 0.2) is 11.5 Å². The van der Waals surface area contributed by atoms with Gasteiger partial charge < -0.3 is 25.4 Å². The van der Waals surface area contributed by atoms with Crippen molar-refractivity contribution in [3.63, 3.8) is 0 Å². The molecule has 1 aliphatic heterocycles. The quantitative estimate of drug-likeness (QED) is 0.779. The number of piperidine rings is 1. The summed E-state index contributed by atoms with van der Waals surface area (Å²) < 4.78 is 10.5. The number of nitrogens with zero attached hydrogens (tertiary/aromatic N) is 1. The lowest BCUT2D eigenvalue weighted by molar-refractivity contribution is -0.123. The summed E-state index contributed by atoms with van der Waals surface area (Å²) in [6.45, 7) is 1.14.